The molecule has 3 heterocycles. The van der Waals surface area contributed by atoms with Crippen LogP contribution in [0.3, 0.4) is 0 Å². The van der Waals surface area contributed by atoms with Crippen molar-refractivity contribution in [3.63, 3.8) is 0 Å². The Morgan fingerprint density at radius 2 is 1.86 bits per heavy atom. The number of carbonyl (C=O) groups is 1. The van der Waals surface area contributed by atoms with E-state index < -0.39 is 0 Å². The van der Waals surface area contributed by atoms with Crippen molar-refractivity contribution >= 4 is 6.03 Å². The zero-order chi connectivity index (χ0) is 20.1. The van der Waals surface area contributed by atoms with Gasteiger partial charge in [-0.3, -0.25) is 4.90 Å². The van der Waals surface area contributed by atoms with Gasteiger partial charge in [-0.25, -0.2) is 4.79 Å². The molecule has 6 nitrogen and oxygen atoms in total. The van der Waals surface area contributed by atoms with Crippen molar-refractivity contribution in [1.29, 1.82) is 0 Å². The minimum absolute atomic E-state index is 0.104. The van der Waals surface area contributed by atoms with Crippen molar-refractivity contribution in [3.05, 3.63) is 35.9 Å². The van der Waals surface area contributed by atoms with Crippen molar-refractivity contribution in [3.8, 4) is 0 Å². The Hall–Kier alpha value is -1.63. The zero-order valence-electron chi connectivity index (χ0n) is 17.8. The summed E-state index contributed by atoms with van der Waals surface area (Å²) < 4.78 is 5.49. The molecular weight excluding hydrogens is 364 g/mol. The molecule has 3 aliphatic heterocycles. The highest BCUT2D eigenvalue weighted by Gasteiger charge is 2.45. The Morgan fingerprint density at radius 3 is 2.59 bits per heavy atom. The van der Waals surface area contributed by atoms with Crippen LogP contribution < -0.4 is 5.32 Å². The lowest BCUT2D eigenvalue weighted by Gasteiger charge is -2.39. The second kappa shape index (κ2) is 9.45. The zero-order valence-corrected chi connectivity index (χ0v) is 17.8. The summed E-state index contributed by atoms with van der Waals surface area (Å²) in [5.74, 6) is 0. The minimum atomic E-state index is 0.104. The van der Waals surface area contributed by atoms with Gasteiger partial charge in [0.05, 0.1) is 13.2 Å². The number of nitrogens with one attached hydrogen (secondary N) is 1. The molecule has 0 bridgehead atoms. The fraction of sp³-hybridized carbons (Fsp3) is 0.696. The van der Waals surface area contributed by atoms with Crippen molar-refractivity contribution in [2.75, 3.05) is 66.1 Å². The van der Waals surface area contributed by atoms with E-state index in [9.17, 15) is 4.79 Å². The summed E-state index contributed by atoms with van der Waals surface area (Å²) in [7, 11) is 2.28. The molecule has 3 aliphatic rings. The molecule has 0 radical (unpaired) electrons. The van der Waals surface area contributed by atoms with Gasteiger partial charge in [-0.15, -0.1) is 0 Å². The molecule has 4 rings (SSSR count). The van der Waals surface area contributed by atoms with Crippen LogP contribution in [0.2, 0.25) is 0 Å². The smallest absolute Gasteiger partial charge is 0.317 e. The number of rotatable bonds is 5. The standard InChI is InChI=1S/C23H36N4O2/c1-25-19-23(17-21(25)18-26-13-15-29-16-14-26)8-11-27(12-9-23)22(28)24-10-7-20-5-3-2-4-6-20/h2-6,21H,7-19H2,1H3,(H,24,28). The molecule has 6 heteroatoms. The van der Waals surface area contributed by atoms with Gasteiger partial charge in [0.1, 0.15) is 0 Å². The first-order valence-corrected chi connectivity index (χ1v) is 11.2. The van der Waals surface area contributed by atoms with Crippen LogP contribution in [0.25, 0.3) is 0 Å². The van der Waals surface area contributed by atoms with E-state index in [1.165, 1.54) is 18.5 Å². The largest absolute Gasteiger partial charge is 0.379 e. The average Bonchev–Trinajstić information content (AvgIpc) is 3.04. The van der Waals surface area contributed by atoms with Crippen molar-refractivity contribution in [1.82, 2.24) is 20.0 Å². The van der Waals surface area contributed by atoms with Gasteiger partial charge in [-0.1, -0.05) is 30.3 Å². The number of likely N-dealkylation sites (tertiary alicyclic amines) is 2. The highest BCUT2D eigenvalue weighted by atomic mass is 16.5. The first-order chi connectivity index (χ1) is 14.1. The Morgan fingerprint density at radius 1 is 1.14 bits per heavy atom. The summed E-state index contributed by atoms with van der Waals surface area (Å²) in [6, 6.07) is 11.1. The lowest BCUT2D eigenvalue weighted by Crippen LogP contribution is -2.48. The number of hydrogen-bond donors (Lipinski definition) is 1. The van der Waals surface area contributed by atoms with Crippen LogP contribution in [-0.2, 0) is 11.2 Å². The van der Waals surface area contributed by atoms with Crippen molar-refractivity contribution in [2.45, 2.75) is 31.7 Å². The van der Waals surface area contributed by atoms with E-state index in [4.69, 9.17) is 4.74 Å². The second-order valence-electron chi connectivity index (χ2n) is 9.14. The summed E-state index contributed by atoms with van der Waals surface area (Å²) in [4.78, 5) is 19.7. The molecule has 1 N–H and O–H groups in total. The van der Waals surface area contributed by atoms with E-state index in [0.717, 1.165) is 65.2 Å². The third kappa shape index (κ3) is 5.30. The second-order valence-corrected chi connectivity index (χ2v) is 9.14. The molecule has 160 valence electrons. The summed E-state index contributed by atoms with van der Waals surface area (Å²) in [5.41, 5.74) is 1.66. The number of benzene rings is 1. The maximum atomic E-state index is 12.6. The Balaban J connectivity index is 1.20. The van der Waals surface area contributed by atoms with Crippen molar-refractivity contribution in [2.24, 2.45) is 5.41 Å². The predicted octanol–water partition coefficient (Wildman–Crippen LogP) is 2.06. The molecule has 0 saturated carbocycles. The fourth-order valence-corrected chi connectivity index (χ4v) is 5.28. The number of morpholine rings is 1. The number of nitrogens with zero attached hydrogens (tertiary/aromatic N) is 3. The third-order valence-corrected chi connectivity index (χ3v) is 7.09. The van der Waals surface area contributed by atoms with E-state index in [-0.39, 0.29) is 6.03 Å². The maximum Gasteiger partial charge on any atom is 0.317 e. The number of ether oxygens (including phenoxy) is 1. The molecule has 29 heavy (non-hydrogen) atoms. The highest BCUT2D eigenvalue weighted by molar-refractivity contribution is 5.74. The van der Waals surface area contributed by atoms with Gasteiger partial charge in [0.25, 0.3) is 0 Å². The van der Waals surface area contributed by atoms with Crippen molar-refractivity contribution < 1.29 is 9.53 Å². The van der Waals surface area contributed by atoms with Gasteiger partial charge in [0.15, 0.2) is 0 Å². The normalized spacial score (nSPS) is 25.4. The number of likely N-dealkylation sites (N-methyl/N-ethyl adjacent to an activating group) is 1. The number of carbonyl (C=O) groups excluding carboxylic acids is 1. The predicted molar refractivity (Wildman–Crippen MR) is 115 cm³/mol. The quantitative estimate of drug-likeness (QED) is 0.822. The lowest BCUT2D eigenvalue weighted by molar-refractivity contribution is 0.0284. The van der Waals surface area contributed by atoms with Crippen LogP contribution in [0.1, 0.15) is 24.8 Å². The molecule has 1 aromatic carbocycles. The third-order valence-electron chi connectivity index (χ3n) is 7.09. The SMILES string of the molecule is CN1CC2(CCN(C(=O)NCCc3ccccc3)CC2)CC1CN1CCOCC1. The Bertz CT molecular complexity index is 654. The lowest BCUT2D eigenvalue weighted by atomic mass is 9.76. The molecule has 3 saturated heterocycles. The van der Waals surface area contributed by atoms with Gasteiger partial charge in [0, 0.05) is 51.9 Å². The van der Waals surface area contributed by atoms with E-state index in [0.29, 0.717) is 18.0 Å². The molecule has 1 aromatic rings. The molecule has 2 amide bonds. The molecule has 0 aliphatic carbocycles. The summed E-state index contributed by atoms with van der Waals surface area (Å²) in [5, 5.41) is 3.11. The molecular formula is C23H36N4O2. The van der Waals surface area contributed by atoms with E-state index in [1.54, 1.807) is 0 Å². The molecule has 0 aromatic heterocycles. The first kappa shape index (κ1) is 20.6. The van der Waals surface area contributed by atoms with Crippen LogP contribution in [0.15, 0.2) is 30.3 Å². The number of hydrogen-bond acceptors (Lipinski definition) is 4. The molecule has 1 unspecified atom stereocenters. The summed E-state index contributed by atoms with van der Waals surface area (Å²) in [6.45, 7) is 8.67. The average molecular weight is 401 g/mol. The van der Waals surface area contributed by atoms with Crippen LogP contribution >= 0.6 is 0 Å². The van der Waals surface area contributed by atoms with Gasteiger partial charge < -0.3 is 19.9 Å². The van der Waals surface area contributed by atoms with Gasteiger partial charge >= 0.3 is 6.03 Å². The Kier molecular flexibility index (Phi) is 6.73. The van der Waals surface area contributed by atoms with E-state index >= 15 is 0 Å². The fourth-order valence-electron chi connectivity index (χ4n) is 5.28. The molecule has 1 atom stereocenters. The van der Waals surface area contributed by atoms with Crippen LogP contribution in [0.4, 0.5) is 4.79 Å². The first-order valence-electron chi connectivity index (χ1n) is 11.2. The van der Waals surface area contributed by atoms with Gasteiger partial charge in [0.2, 0.25) is 0 Å². The number of piperidine rings is 1. The minimum Gasteiger partial charge on any atom is -0.379 e. The molecule has 1 spiro atoms. The van der Waals surface area contributed by atoms with Crippen LogP contribution in [0.5, 0.6) is 0 Å². The monoisotopic (exact) mass is 400 g/mol. The topological polar surface area (TPSA) is 48.0 Å². The van der Waals surface area contributed by atoms with Crippen LogP contribution in [-0.4, -0.2) is 92.8 Å². The number of urea groups is 1. The summed E-state index contributed by atoms with van der Waals surface area (Å²) >= 11 is 0. The van der Waals surface area contributed by atoms with Gasteiger partial charge in [-0.05, 0) is 43.7 Å². The van der Waals surface area contributed by atoms with E-state index in [1.807, 2.05) is 23.1 Å². The highest BCUT2D eigenvalue weighted by Crippen LogP contribution is 2.43. The summed E-state index contributed by atoms with van der Waals surface area (Å²) in [6.07, 6.45) is 4.41. The molecule has 3 fully saturated rings. The maximum absolute atomic E-state index is 12.6. The van der Waals surface area contributed by atoms with Gasteiger partial charge in [-0.2, -0.15) is 0 Å². The Labute approximate surface area is 175 Å². The number of amides is 2. The van der Waals surface area contributed by atoms with Crippen LogP contribution in [0, 0.1) is 5.41 Å². The van der Waals surface area contributed by atoms with E-state index in [2.05, 4.69) is 34.3 Å².